The predicted molar refractivity (Wildman–Crippen MR) is 85.4 cm³/mol. The number of thiophene rings is 1. The van der Waals surface area contributed by atoms with Crippen LogP contribution in [-0.4, -0.2) is 12.7 Å². The van der Waals surface area contributed by atoms with Gasteiger partial charge in [0.25, 0.3) is 0 Å². The van der Waals surface area contributed by atoms with Crippen LogP contribution < -0.4 is 4.65 Å². The summed E-state index contributed by atoms with van der Waals surface area (Å²) in [6, 6.07) is 18.5. The van der Waals surface area contributed by atoms with E-state index in [9.17, 15) is 0 Å². The van der Waals surface area contributed by atoms with Crippen LogP contribution in [0.4, 0.5) is 0 Å². The van der Waals surface area contributed by atoms with Crippen molar-refractivity contribution in [3.05, 3.63) is 54.6 Å². The molecule has 2 nitrogen and oxygen atoms in total. The first kappa shape index (κ1) is 11.8. The molecule has 0 fully saturated rings. The van der Waals surface area contributed by atoms with Gasteiger partial charge >= 0.3 is 7.69 Å². The van der Waals surface area contributed by atoms with Crippen molar-refractivity contribution in [3.8, 4) is 5.75 Å². The summed E-state index contributed by atoms with van der Waals surface area (Å²) >= 11 is 1.74. The van der Waals surface area contributed by atoms with Gasteiger partial charge in [-0.1, -0.05) is 42.5 Å². The molecule has 0 aliphatic rings. The second-order valence-corrected chi connectivity index (χ2v) is 5.70. The number of rotatable bonds is 2. The Balaban J connectivity index is 2.24. The fourth-order valence-electron chi connectivity index (χ4n) is 2.71. The van der Waals surface area contributed by atoms with E-state index in [1.54, 1.807) is 11.3 Å². The van der Waals surface area contributed by atoms with Crippen LogP contribution in [0, 0.1) is 0 Å². The molecule has 95 valence electrons. The zero-order valence-corrected chi connectivity index (χ0v) is 11.4. The lowest BCUT2D eigenvalue weighted by Crippen LogP contribution is -2.00. The van der Waals surface area contributed by atoms with Crippen LogP contribution in [0.25, 0.3) is 30.9 Å². The van der Waals surface area contributed by atoms with Crippen molar-refractivity contribution in [2.24, 2.45) is 0 Å². The summed E-state index contributed by atoms with van der Waals surface area (Å²) in [5.41, 5.74) is 0. The highest BCUT2D eigenvalue weighted by atomic mass is 32.1. The Labute approximate surface area is 120 Å². The maximum atomic E-state index is 8.95. The molecule has 0 saturated carbocycles. The lowest BCUT2D eigenvalue weighted by molar-refractivity contribution is 0.457. The van der Waals surface area contributed by atoms with E-state index in [1.165, 1.54) is 20.2 Å². The van der Waals surface area contributed by atoms with Crippen molar-refractivity contribution in [1.82, 2.24) is 0 Å². The number of hydrogen-bond acceptors (Lipinski definition) is 3. The fraction of sp³-hybridized carbons (Fsp3) is 0. The van der Waals surface area contributed by atoms with Crippen LogP contribution in [0.2, 0.25) is 0 Å². The van der Waals surface area contributed by atoms with E-state index >= 15 is 0 Å². The third-order valence-corrected chi connectivity index (χ3v) is 4.64. The summed E-state index contributed by atoms with van der Waals surface area (Å²) in [5.74, 6) is 0.683. The topological polar surface area (TPSA) is 29.5 Å². The maximum absolute atomic E-state index is 8.95. The number of fused-ring (bicyclic) bond motifs is 5. The van der Waals surface area contributed by atoms with Gasteiger partial charge in [0.15, 0.2) is 0 Å². The summed E-state index contributed by atoms with van der Waals surface area (Å²) in [4.78, 5) is 0. The third kappa shape index (κ3) is 1.62. The van der Waals surface area contributed by atoms with E-state index in [0.29, 0.717) is 5.75 Å². The van der Waals surface area contributed by atoms with Crippen LogP contribution in [0.15, 0.2) is 54.6 Å². The minimum absolute atomic E-state index is 0.683. The Bertz CT molecular complexity index is 930. The molecule has 0 unspecified atom stereocenters. The Hall–Kier alpha value is -2.04. The molecule has 1 heterocycles. The van der Waals surface area contributed by atoms with Crippen LogP contribution in [-0.2, 0) is 0 Å². The number of benzene rings is 3. The summed E-state index contributed by atoms with van der Waals surface area (Å²) in [6.45, 7) is 0. The third-order valence-electron chi connectivity index (χ3n) is 3.53. The summed E-state index contributed by atoms with van der Waals surface area (Å²) in [7, 11) is 0.737. The van der Waals surface area contributed by atoms with Crippen LogP contribution in [0.3, 0.4) is 0 Å². The highest BCUT2D eigenvalue weighted by Gasteiger charge is 2.12. The molecule has 0 bridgehead atoms. The quantitative estimate of drug-likeness (QED) is 0.559. The molecule has 1 radical (unpaired) electrons. The zero-order valence-electron chi connectivity index (χ0n) is 10.5. The van der Waals surface area contributed by atoms with E-state index in [4.69, 9.17) is 9.68 Å². The lowest BCUT2D eigenvalue weighted by atomic mass is 10.0. The molecule has 0 amide bonds. The normalized spacial score (nSPS) is 11.2. The molecule has 0 aliphatic heterocycles. The van der Waals surface area contributed by atoms with E-state index < -0.39 is 0 Å². The highest BCUT2D eigenvalue weighted by molar-refractivity contribution is 7.26. The Morgan fingerprint density at radius 2 is 1.55 bits per heavy atom. The molecule has 3 aromatic carbocycles. The summed E-state index contributed by atoms with van der Waals surface area (Å²) in [5, 5.41) is 13.6. The lowest BCUT2D eigenvalue weighted by Gasteiger charge is -2.08. The molecule has 0 aliphatic carbocycles. The molecule has 0 saturated heterocycles. The standard InChI is InChI=1S/C16H10BO2S/c18-17-19-13-9-15-16(11-6-2-1-5-10(11)13)12-7-3-4-8-14(12)20-15/h1-9,18H. The van der Waals surface area contributed by atoms with Gasteiger partial charge in [-0.25, -0.2) is 0 Å². The Kier molecular flexibility index (Phi) is 2.65. The zero-order chi connectivity index (χ0) is 13.5. The van der Waals surface area contributed by atoms with E-state index in [-0.39, 0.29) is 0 Å². The van der Waals surface area contributed by atoms with Gasteiger partial charge in [-0.05, 0) is 17.5 Å². The van der Waals surface area contributed by atoms with E-state index in [2.05, 4.69) is 30.3 Å². The van der Waals surface area contributed by atoms with Gasteiger partial charge in [0.2, 0.25) is 0 Å². The van der Waals surface area contributed by atoms with Crippen LogP contribution in [0.5, 0.6) is 5.75 Å². The molecule has 1 N–H and O–H groups in total. The second kappa shape index (κ2) is 4.51. The minimum Gasteiger partial charge on any atom is -0.537 e. The van der Waals surface area contributed by atoms with Gasteiger partial charge < -0.3 is 9.68 Å². The van der Waals surface area contributed by atoms with Crippen molar-refractivity contribution in [2.45, 2.75) is 0 Å². The van der Waals surface area contributed by atoms with Crippen molar-refractivity contribution in [3.63, 3.8) is 0 Å². The first-order valence-corrected chi connectivity index (χ1v) is 7.15. The first-order chi connectivity index (χ1) is 9.88. The van der Waals surface area contributed by atoms with Gasteiger partial charge in [-0.15, -0.1) is 11.3 Å². The molecule has 4 heteroatoms. The molecule has 0 atom stereocenters. The monoisotopic (exact) mass is 277 g/mol. The average molecular weight is 277 g/mol. The van der Waals surface area contributed by atoms with Gasteiger partial charge in [0, 0.05) is 25.6 Å². The summed E-state index contributed by atoms with van der Waals surface area (Å²) < 4.78 is 7.69. The molecule has 20 heavy (non-hydrogen) atoms. The smallest absolute Gasteiger partial charge is 0.537 e. The Morgan fingerprint density at radius 3 is 2.35 bits per heavy atom. The fourth-order valence-corrected chi connectivity index (χ4v) is 3.86. The van der Waals surface area contributed by atoms with Crippen molar-refractivity contribution >= 4 is 50.0 Å². The Morgan fingerprint density at radius 1 is 0.850 bits per heavy atom. The molecule has 0 spiro atoms. The van der Waals surface area contributed by atoms with Crippen molar-refractivity contribution < 1.29 is 9.68 Å². The average Bonchev–Trinajstić information content (AvgIpc) is 2.86. The molecule has 4 rings (SSSR count). The first-order valence-electron chi connectivity index (χ1n) is 6.34. The van der Waals surface area contributed by atoms with E-state index in [1.807, 2.05) is 24.3 Å². The second-order valence-electron chi connectivity index (χ2n) is 4.61. The van der Waals surface area contributed by atoms with Gasteiger partial charge in [-0.2, -0.15) is 0 Å². The summed E-state index contributed by atoms with van der Waals surface area (Å²) in [6.07, 6.45) is 0. The highest BCUT2D eigenvalue weighted by Crippen LogP contribution is 2.41. The van der Waals surface area contributed by atoms with Crippen molar-refractivity contribution in [2.75, 3.05) is 0 Å². The van der Waals surface area contributed by atoms with Crippen LogP contribution in [0.1, 0.15) is 0 Å². The molecular weight excluding hydrogens is 267 g/mol. The molecule has 1 aromatic heterocycles. The molecule has 4 aromatic rings. The minimum atomic E-state index is 0.683. The largest absolute Gasteiger partial charge is 0.569 e. The SMILES string of the molecule is O[B]Oc1cc2sc3ccccc3c2c2ccccc12. The van der Waals surface area contributed by atoms with Gasteiger partial charge in [-0.3, -0.25) is 0 Å². The van der Waals surface area contributed by atoms with Crippen molar-refractivity contribution in [1.29, 1.82) is 0 Å². The van der Waals surface area contributed by atoms with Gasteiger partial charge in [0.1, 0.15) is 5.75 Å². The maximum Gasteiger partial charge on any atom is 0.569 e. The molecular formula is C16H10BO2S. The van der Waals surface area contributed by atoms with Gasteiger partial charge in [0.05, 0.1) is 0 Å². The van der Waals surface area contributed by atoms with Crippen LogP contribution >= 0.6 is 11.3 Å². The van der Waals surface area contributed by atoms with E-state index in [0.717, 1.165) is 18.5 Å². The number of hydrogen-bond donors (Lipinski definition) is 1. The predicted octanol–water partition coefficient (Wildman–Crippen LogP) is 4.11.